The summed E-state index contributed by atoms with van der Waals surface area (Å²) in [7, 11) is -2.54. The average Bonchev–Trinajstić information content (AvgIpc) is 2.38. The molecule has 0 spiro atoms. The van der Waals surface area contributed by atoms with Crippen molar-refractivity contribution in [2.24, 2.45) is 0 Å². The molecule has 12 heavy (non-hydrogen) atoms. The Morgan fingerprint density at radius 1 is 1.75 bits per heavy atom. The fraction of sp³-hybridized carbons (Fsp3) is 1.00. The third kappa shape index (κ3) is 2.49. The van der Waals surface area contributed by atoms with Crippen LogP contribution in [-0.4, -0.2) is 24.0 Å². The molecule has 1 fully saturated rings. The molecule has 1 rings (SSSR count). The van der Waals surface area contributed by atoms with Gasteiger partial charge in [-0.2, -0.15) is 0 Å². The zero-order valence-electron chi connectivity index (χ0n) is 7.49. The molecule has 2 atom stereocenters. The number of thioether (sulfide) groups is 1. The van der Waals surface area contributed by atoms with Gasteiger partial charge in [0, 0.05) is 19.4 Å². The minimum Gasteiger partial charge on any atom is -0.777 e. The molecule has 4 nitrogen and oxygen atoms in total. The third-order valence-corrected chi connectivity index (χ3v) is 5.56. The van der Waals surface area contributed by atoms with Crippen LogP contribution < -0.4 is 39.8 Å². The van der Waals surface area contributed by atoms with E-state index in [1.165, 1.54) is 18.9 Å². The molecule has 0 radical (unpaired) electrons. The van der Waals surface area contributed by atoms with Gasteiger partial charge >= 0.3 is 29.6 Å². The Balaban J connectivity index is 0.00000121. The van der Waals surface area contributed by atoms with Gasteiger partial charge in [-0.25, -0.2) is 0 Å². The second-order valence-electron chi connectivity index (χ2n) is 2.44. The molecule has 0 aromatic carbocycles. The number of hydrogen-bond acceptors (Lipinski definition) is 5. The first-order chi connectivity index (χ1) is 5.02. The van der Waals surface area contributed by atoms with E-state index in [9.17, 15) is 9.46 Å². The number of hydrogen-bond donors (Lipinski definition) is 1. The standard InChI is InChI=1S/C5H12NO3PS.Na/c1-5(6-3-4-11-5)10(7,8)9-2;/h6H,3-4H2,1-2H3,(H,7,8);/q;+1/p-1. The second kappa shape index (κ2) is 4.80. The summed E-state index contributed by atoms with van der Waals surface area (Å²) in [4.78, 5) is 11.2. The molecule has 0 aliphatic carbocycles. The summed E-state index contributed by atoms with van der Waals surface area (Å²) < 4.78 is 14.8. The monoisotopic (exact) mass is 219 g/mol. The van der Waals surface area contributed by atoms with Gasteiger partial charge in [-0.05, 0) is 6.92 Å². The summed E-state index contributed by atoms with van der Waals surface area (Å²) in [5.74, 6) is 0.812. The normalized spacial score (nSPS) is 33.9. The summed E-state index contributed by atoms with van der Waals surface area (Å²) in [6.45, 7) is 2.35. The first-order valence-corrected chi connectivity index (χ1v) is 5.80. The Labute approximate surface area is 98.7 Å². The Morgan fingerprint density at radius 3 is 2.67 bits per heavy atom. The Hall–Kier alpha value is 1.46. The van der Waals surface area contributed by atoms with Crippen molar-refractivity contribution in [2.75, 3.05) is 19.4 Å². The summed E-state index contributed by atoms with van der Waals surface area (Å²) in [5, 5.41) is 2.89. The van der Waals surface area contributed by atoms with E-state index in [0.29, 0.717) is 0 Å². The fourth-order valence-corrected chi connectivity index (χ4v) is 3.52. The number of rotatable bonds is 2. The van der Waals surface area contributed by atoms with Crippen LogP contribution in [0.1, 0.15) is 6.92 Å². The zero-order valence-corrected chi connectivity index (χ0v) is 11.2. The van der Waals surface area contributed by atoms with E-state index in [-0.39, 0.29) is 29.6 Å². The van der Waals surface area contributed by atoms with Crippen LogP contribution in [0.5, 0.6) is 0 Å². The summed E-state index contributed by atoms with van der Waals surface area (Å²) in [6.07, 6.45) is 0. The van der Waals surface area contributed by atoms with Crippen molar-refractivity contribution in [3.05, 3.63) is 0 Å². The minimum atomic E-state index is -3.73. The zero-order chi connectivity index (χ0) is 8.54. The Kier molecular flexibility index (Phi) is 5.39. The van der Waals surface area contributed by atoms with Crippen molar-refractivity contribution >= 4 is 19.4 Å². The molecule has 1 aliphatic heterocycles. The maximum absolute atomic E-state index is 11.2. The maximum Gasteiger partial charge on any atom is 1.00 e. The first-order valence-electron chi connectivity index (χ1n) is 3.28. The summed E-state index contributed by atoms with van der Waals surface area (Å²) in [5.41, 5.74) is 0. The van der Waals surface area contributed by atoms with Crippen molar-refractivity contribution in [1.29, 1.82) is 0 Å². The molecule has 2 unspecified atom stereocenters. The molecule has 1 N–H and O–H groups in total. The van der Waals surface area contributed by atoms with E-state index in [1.807, 2.05) is 0 Å². The van der Waals surface area contributed by atoms with Crippen LogP contribution in [0.4, 0.5) is 0 Å². The molecule has 1 aliphatic rings. The van der Waals surface area contributed by atoms with Crippen LogP contribution in [0, 0.1) is 0 Å². The van der Waals surface area contributed by atoms with Crippen LogP contribution >= 0.6 is 19.4 Å². The average molecular weight is 219 g/mol. The predicted octanol–water partition coefficient (Wildman–Crippen LogP) is -2.80. The molecule has 0 aromatic rings. The van der Waals surface area contributed by atoms with E-state index < -0.39 is 12.2 Å². The third-order valence-electron chi connectivity index (χ3n) is 1.70. The van der Waals surface area contributed by atoms with Gasteiger partial charge in [0.1, 0.15) is 4.61 Å². The van der Waals surface area contributed by atoms with Gasteiger partial charge in [-0.1, -0.05) is 0 Å². The smallest absolute Gasteiger partial charge is 0.777 e. The molecule has 0 aromatic heterocycles. The number of nitrogens with one attached hydrogen (secondary N) is 1. The molecule has 66 valence electrons. The van der Waals surface area contributed by atoms with Crippen molar-refractivity contribution in [3.63, 3.8) is 0 Å². The molecule has 0 amide bonds. The van der Waals surface area contributed by atoms with Crippen LogP contribution in [0.15, 0.2) is 0 Å². The molecule has 0 saturated carbocycles. The van der Waals surface area contributed by atoms with Crippen LogP contribution in [-0.2, 0) is 9.09 Å². The first kappa shape index (κ1) is 13.5. The molecular weight excluding hydrogens is 208 g/mol. The molecule has 1 heterocycles. The summed E-state index contributed by atoms with van der Waals surface area (Å²) in [6, 6.07) is 0. The second-order valence-corrected chi connectivity index (χ2v) is 6.51. The molecule has 7 heteroatoms. The van der Waals surface area contributed by atoms with Gasteiger partial charge in [0.2, 0.25) is 0 Å². The Bertz CT molecular complexity index is 197. The van der Waals surface area contributed by atoms with E-state index >= 15 is 0 Å². The quantitative estimate of drug-likeness (QED) is 0.401. The van der Waals surface area contributed by atoms with E-state index in [2.05, 4.69) is 9.84 Å². The molecule has 1 saturated heterocycles. The van der Waals surface area contributed by atoms with Crippen LogP contribution in [0.25, 0.3) is 0 Å². The van der Waals surface area contributed by atoms with Crippen molar-refractivity contribution < 1.29 is 43.5 Å². The maximum atomic E-state index is 11.2. The van der Waals surface area contributed by atoms with Crippen molar-refractivity contribution in [2.45, 2.75) is 11.5 Å². The fourth-order valence-electron chi connectivity index (χ4n) is 0.934. The van der Waals surface area contributed by atoms with Crippen LogP contribution in [0.3, 0.4) is 0 Å². The van der Waals surface area contributed by atoms with Crippen molar-refractivity contribution in [1.82, 2.24) is 5.32 Å². The predicted molar refractivity (Wildman–Crippen MR) is 43.5 cm³/mol. The van der Waals surface area contributed by atoms with E-state index in [4.69, 9.17) is 0 Å². The van der Waals surface area contributed by atoms with Gasteiger partial charge in [-0.15, -0.1) is 11.8 Å². The SMILES string of the molecule is COP(=O)([O-])C1(C)NCCS1.[Na+]. The van der Waals surface area contributed by atoms with Gasteiger partial charge in [0.05, 0.1) is 0 Å². The van der Waals surface area contributed by atoms with Gasteiger partial charge in [-0.3, -0.25) is 5.32 Å². The Morgan fingerprint density at radius 2 is 2.33 bits per heavy atom. The van der Waals surface area contributed by atoms with Gasteiger partial charge in [0.25, 0.3) is 0 Å². The molecule has 0 bridgehead atoms. The van der Waals surface area contributed by atoms with Crippen molar-refractivity contribution in [3.8, 4) is 0 Å². The van der Waals surface area contributed by atoms with Crippen LogP contribution in [0.2, 0.25) is 0 Å². The largest absolute Gasteiger partial charge is 1.00 e. The topological polar surface area (TPSA) is 61.4 Å². The minimum absolute atomic E-state index is 0. The van der Waals surface area contributed by atoms with Gasteiger partial charge in [0.15, 0.2) is 7.60 Å². The van der Waals surface area contributed by atoms with Gasteiger partial charge < -0.3 is 14.0 Å². The van der Waals surface area contributed by atoms with E-state index in [1.54, 1.807) is 6.92 Å². The molecular formula is C5H11NNaO3PS. The summed E-state index contributed by atoms with van der Waals surface area (Å²) >= 11 is 1.36. The van der Waals surface area contributed by atoms with E-state index in [0.717, 1.165) is 12.3 Å².